The molecule has 1 aliphatic rings. The van der Waals surface area contributed by atoms with Crippen LogP contribution in [0.4, 0.5) is 0 Å². The molecular weight excluding hydrogens is 598 g/mol. The molecule has 0 unspecified atom stereocenters. The normalized spacial score (nSPS) is 13.2. The quantitative estimate of drug-likeness (QED) is 0.286. The number of halogens is 2. The van der Waals surface area contributed by atoms with Crippen LogP contribution in [-0.4, -0.2) is 3.26 Å². The summed E-state index contributed by atoms with van der Waals surface area (Å²) in [6.45, 7) is 18.1. The Kier molecular flexibility index (Phi) is 10.0. The molecule has 0 saturated heterocycles. The van der Waals surface area contributed by atoms with Crippen molar-refractivity contribution in [2.24, 2.45) is 0 Å². The fourth-order valence-electron chi connectivity index (χ4n) is 4.16. The Balaban J connectivity index is 0.000000790. The molecule has 0 aromatic heterocycles. The number of hydrogen-bond acceptors (Lipinski definition) is 0. The van der Waals surface area contributed by atoms with Gasteiger partial charge in [-0.1, -0.05) is 106 Å². The van der Waals surface area contributed by atoms with Crippen molar-refractivity contribution in [3.8, 4) is 0 Å². The van der Waals surface area contributed by atoms with Crippen molar-refractivity contribution in [2.45, 2.75) is 72.6 Å². The Morgan fingerprint density at radius 3 is 1.97 bits per heavy atom. The Morgan fingerprint density at radius 1 is 0.875 bits per heavy atom. The minimum absolute atomic E-state index is 0. The Morgan fingerprint density at radius 2 is 1.47 bits per heavy atom. The zero-order chi connectivity index (χ0) is 22.3. The van der Waals surface area contributed by atoms with Gasteiger partial charge in [0.05, 0.1) is 0 Å². The monoisotopic (exact) mass is 633 g/mol. The third-order valence-corrected chi connectivity index (χ3v) is 5.65. The van der Waals surface area contributed by atoms with Gasteiger partial charge in [0.15, 0.2) is 0 Å². The van der Waals surface area contributed by atoms with E-state index in [4.69, 9.17) is 0 Å². The molecule has 3 aromatic carbocycles. The smallest absolute Gasteiger partial charge is 1.00 e. The molecule has 1 aliphatic carbocycles. The Bertz CT molecular complexity index is 1160. The Hall–Kier alpha value is -0.890. The summed E-state index contributed by atoms with van der Waals surface area (Å²) in [7, 11) is 0. The van der Waals surface area contributed by atoms with Gasteiger partial charge in [-0.2, -0.15) is 0 Å². The van der Waals surface area contributed by atoms with Crippen molar-refractivity contribution in [2.75, 3.05) is 0 Å². The van der Waals surface area contributed by atoms with Crippen LogP contribution >= 0.6 is 0 Å². The van der Waals surface area contributed by atoms with E-state index in [1.807, 2.05) is 0 Å². The van der Waals surface area contributed by atoms with Crippen molar-refractivity contribution in [1.29, 1.82) is 0 Å². The van der Waals surface area contributed by atoms with Crippen LogP contribution in [0.3, 0.4) is 0 Å². The molecule has 0 radical (unpaired) electrons. The summed E-state index contributed by atoms with van der Waals surface area (Å²) < 4.78 is 1.56. The van der Waals surface area contributed by atoms with Gasteiger partial charge in [-0.25, -0.2) is 0 Å². The summed E-state index contributed by atoms with van der Waals surface area (Å²) in [5.74, 6) is 0. The summed E-state index contributed by atoms with van der Waals surface area (Å²) in [5.41, 5.74) is 6.06. The van der Waals surface area contributed by atoms with E-state index in [2.05, 4.69) is 110 Å². The van der Waals surface area contributed by atoms with E-state index in [1.54, 1.807) is 3.26 Å². The molecule has 3 heteroatoms. The van der Waals surface area contributed by atoms with Gasteiger partial charge in [-0.3, -0.25) is 0 Å². The number of benzene rings is 2. The van der Waals surface area contributed by atoms with Crippen LogP contribution in [0.1, 0.15) is 78.5 Å². The molecule has 0 atom stereocenters. The molecule has 0 aliphatic heterocycles. The van der Waals surface area contributed by atoms with Crippen LogP contribution in [0, 0.1) is 0 Å². The molecule has 0 fully saturated rings. The standard InChI is InChI=1S/C26H29.C3H6.2ClH.Hf/c1-25(2,3)19-11-12-20-18(15-19)16-22-21(20)13-14-23(26(4,5)6)24(22)17-9-7-8-10-17;1-3-2;;;/h7-9,11-16H,10H2,1-6H3;1-2H3;2*1H;/q-1;;;;+2/p-2. The van der Waals surface area contributed by atoms with Crippen LogP contribution in [0.2, 0.25) is 0 Å². The first kappa shape index (κ1) is 29.1. The molecule has 0 amide bonds. The van der Waals surface area contributed by atoms with Gasteiger partial charge in [0.25, 0.3) is 0 Å². The van der Waals surface area contributed by atoms with Crippen LogP contribution in [-0.2, 0) is 34.7 Å². The zero-order valence-corrected chi connectivity index (χ0v) is 25.8. The molecule has 0 spiro atoms. The van der Waals surface area contributed by atoms with Crippen LogP contribution < -0.4 is 24.8 Å². The summed E-state index contributed by atoms with van der Waals surface area (Å²) >= 11 is 1.27. The average Bonchev–Trinajstić information content (AvgIpc) is 3.25. The third kappa shape index (κ3) is 6.37. The summed E-state index contributed by atoms with van der Waals surface area (Å²) in [4.78, 5) is 0. The number of allylic oxidation sites excluding steroid dienone is 4. The first-order valence-corrected chi connectivity index (χ1v) is 12.7. The minimum Gasteiger partial charge on any atom is -1.00 e. The van der Waals surface area contributed by atoms with E-state index >= 15 is 0 Å². The number of fused-ring (bicyclic) bond motifs is 3. The molecule has 32 heavy (non-hydrogen) atoms. The second-order valence-corrected chi connectivity index (χ2v) is 14.3. The van der Waals surface area contributed by atoms with Crippen molar-refractivity contribution >= 4 is 30.4 Å². The molecule has 0 saturated carbocycles. The summed E-state index contributed by atoms with van der Waals surface area (Å²) in [6, 6.07) is 14.1. The topological polar surface area (TPSA) is 0 Å². The van der Waals surface area contributed by atoms with Crippen LogP contribution in [0.15, 0.2) is 54.6 Å². The van der Waals surface area contributed by atoms with Gasteiger partial charge in [0.2, 0.25) is 0 Å². The van der Waals surface area contributed by atoms with Gasteiger partial charge in [-0.15, -0.1) is 33.7 Å². The van der Waals surface area contributed by atoms with Crippen LogP contribution in [0.5, 0.6) is 0 Å². The van der Waals surface area contributed by atoms with E-state index in [0.717, 1.165) is 6.42 Å². The van der Waals surface area contributed by atoms with Gasteiger partial charge in [-0.05, 0) is 17.3 Å². The first-order valence-electron chi connectivity index (χ1n) is 10.9. The van der Waals surface area contributed by atoms with Gasteiger partial charge in [0, 0.05) is 0 Å². The molecular formula is C29H35Cl2Hf-. The average molecular weight is 633 g/mol. The molecule has 0 nitrogen and oxygen atoms in total. The second kappa shape index (κ2) is 11.0. The van der Waals surface area contributed by atoms with E-state index in [1.165, 1.54) is 67.7 Å². The maximum absolute atomic E-state index is 2.42. The molecule has 0 bridgehead atoms. The van der Waals surface area contributed by atoms with Crippen molar-refractivity contribution in [3.63, 3.8) is 0 Å². The third-order valence-electron chi connectivity index (χ3n) is 5.65. The van der Waals surface area contributed by atoms with Crippen molar-refractivity contribution in [1.82, 2.24) is 0 Å². The van der Waals surface area contributed by atoms with Crippen molar-refractivity contribution < 1.29 is 48.7 Å². The number of hydrogen-bond donors (Lipinski definition) is 0. The number of rotatable bonds is 1. The minimum atomic E-state index is 0. The molecule has 4 rings (SSSR count). The van der Waals surface area contributed by atoms with Gasteiger partial charge in [0.1, 0.15) is 0 Å². The molecule has 3 aromatic rings. The van der Waals surface area contributed by atoms with Gasteiger partial charge >= 0.3 is 41.0 Å². The Labute approximate surface area is 221 Å². The maximum atomic E-state index is 2.42. The second-order valence-electron chi connectivity index (χ2n) is 10.7. The van der Waals surface area contributed by atoms with E-state index in [-0.39, 0.29) is 35.6 Å². The zero-order valence-electron chi connectivity index (χ0n) is 20.7. The predicted octanol–water partition coefficient (Wildman–Crippen LogP) is 2.40. The first-order chi connectivity index (χ1) is 13.9. The fraction of sp³-hybridized carbons (Fsp3) is 0.379. The molecule has 170 valence electrons. The predicted molar refractivity (Wildman–Crippen MR) is 133 cm³/mol. The maximum Gasteiger partial charge on any atom is -1.00 e. The summed E-state index contributed by atoms with van der Waals surface area (Å²) in [6.07, 6.45) is 7.79. The van der Waals surface area contributed by atoms with E-state index in [0.29, 0.717) is 0 Å². The molecule has 0 N–H and O–H groups in total. The largest absolute Gasteiger partial charge is 1.00 e. The van der Waals surface area contributed by atoms with E-state index < -0.39 is 0 Å². The van der Waals surface area contributed by atoms with Crippen molar-refractivity contribution in [3.05, 3.63) is 71.3 Å². The SMILES string of the molecule is CC(C)(C)c1ccc2c(c1)[cH-]c1c(C3=CC=CC3)c(C(C)(C)C)ccc12.C[C](C)=[Hf+2].[Cl-].[Cl-]. The van der Waals surface area contributed by atoms with E-state index in [9.17, 15) is 0 Å². The summed E-state index contributed by atoms with van der Waals surface area (Å²) in [5, 5.41) is 5.54. The van der Waals surface area contributed by atoms with Gasteiger partial charge < -0.3 is 24.8 Å². The van der Waals surface area contributed by atoms with Crippen LogP contribution in [0.25, 0.3) is 27.1 Å². The fourth-order valence-corrected chi connectivity index (χ4v) is 4.16. The molecule has 0 heterocycles.